The molecule has 0 fully saturated rings. The summed E-state index contributed by atoms with van der Waals surface area (Å²) in [7, 11) is 0. The van der Waals surface area contributed by atoms with Gasteiger partial charge in [0.1, 0.15) is 0 Å². The Morgan fingerprint density at radius 3 is 1.32 bits per heavy atom. The quantitative estimate of drug-likeness (QED) is 0.189. The maximum atomic E-state index is 2.69. The molecule has 0 bridgehead atoms. The molecule has 0 N–H and O–H groups in total. The molecule has 6 heteroatoms. The Hall–Kier alpha value is -2.22. The second-order valence-electron chi connectivity index (χ2n) is 9.44. The summed E-state index contributed by atoms with van der Waals surface area (Å²) in [5.41, 5.74) is 8.69. The van der Waals surface area contributed by atoms with Crippen LogP contribution in [0.5, 0.6) is 0 Å². The van der Waals surface area contributed by atoms with Gasteiger partial charge in [0, 0.05) is 0 Å². The van der Waals surface area contributed by atoms with Gasteiger partial charge in [-0.1, -0.05) is 0 Å². The number of hydrogen-bond donors (Lipinski definition) is 0. The van der Waals surface area contributed by atoms with E-state index in [0.29, 0.717) is 55.3 Å². The summed E-state index contributed by atoms with van der Waals surface area (Å²) < 4.78 is 15.1. The van der Waals surface area contributed by atoms with Crippen LogP contribution in [0.1, 0.15) is 20.3 Å². The third kappa shape index (κ3) is 3.87. The van der Waals surface area contributed by atoms with Gasteiger partial charge in [-0.15, -0.1) is 0 Å². The number of para-hydroxylation sites is 2. The zero-order chi connectivity index (χ0) is 25.1. The molecule has 0 unspecified atom stereocenters. The van der Waals surface area contributed by atoms with Crippen molar-refractivity contribution < 1.29 is 9.13 Å². The van der Waals surface area contributed by atoms with Crippen molar-refractivity contribution in [2.45, 2.75) is 12.8 Å². The fourth-order valence-electron chi connectivity index (χ4n) is 5.42. The number of aromatic nitrogens is 2. The standard InChI is InChI=1S/C32H22N2Se4/c1-3-11-21(12-4-1)29-31(33-25-17-9-7-15-23(25)19-27(33)35-29)37-38-32-30(22-13-5-2-6-14-22)36-28-20-24-16-8-10-18-26(24)34(28)32/h1-18H,19-20H2/q+2. The molecule has 0 aliphatic carbocycles. The molecule has 4 aromatic carbocycles. The molecule has 38 heavy (non-hydrogen) atoms. The Labute approximate surface area is 245 Å². The fraction of sp³-hybridized carbons (Fsp3) is 0.0625. The average Bonchev–Trinajstić information content (AvgIpc) is 3.71. The van der Waals surface area contributed by atoms with E-state index in [1.165, 1.54) is 33.6 Å². The molecule has 6 aromatic rings. The Balaban J connectivity index is 1.28. The van der Waals surface area contributed by atoms with E-state index in [-0.39, 0.29) is 0 Å². The van der Waals surface area contributed by atoms with E-state index in [1.807, 2.05) is 0 Å². The normalized spacial score (nSPS) is 12.7. The van der Waals surface area contributed by atoms with Crippen molar-refractivity contribution >= 4 is 64.5 Å². The number of benzene rings is 4. The van der Waals surface area contributed by atoms with Crippen molar-refractivity contribution in [3.63, 3.8) is 0 Å². The first-order chi connectivity index (χ1) is 18.8. The third-order valence-electron chi connectivity index (χ3n) is 7.15. The van der Waals surface area contributed by atoms with Gasteiger partial charge in [-0.25, -0.2) is 0 Å². The first-order valence-corrected chi connectivity index (χ1v) is 22.1. The van der Waals surface area contributed by atoms with Gasteiger partial charge in [0.05, 0.1) is 0 Å². The summed E-state index contributed by atoms with van der Waals surface area (Å²) in [5.74, 6) is 0. The molecular formula is C32H22N2Se4+2. The van der Waals surface area contributed by atoms with Crippen molar-refractivity contribution in [3.8, 4) is 31.4 Å². The average molecular weight is 750 g/mol. The second kappa shape index (κ2) is 9.76. The van der Waals surface area contributed by atoms with Crippen molar-refractivity contribution in [3.05, 3.63) is 129 Å². The summed E-state index contributed by atoms with van der Waals surface area (Å²) >= 11 is 1.50. The monoisotopic (exact) mass is 754 g/mol. The molecule has 2 aromatic heterocycles. The van der Waals surface area contributed by atoms with E-state index in [2.05, 4.69) is 118 Å². The van der Waals surface area contributed by atoms with Crippen LogP contribution < -0.4 is 18.3 Å². The van der Waals surface area contributed by atoms with Crippen LogP contribution in [0.2, 0.25) is 0 Å². The van der Waals surface area contributed by atoms with Crippen LogP contribution in [0.25, 0.3) is 31.4 Å². The molecule has 4 heterocycles. The number of hydrogen-bond acceptors (Lipinski definition) is 0. The topological polar surface area (TPSA) is 7.76 Å². The minimum absolute atomic E-state index is 0.373. The minimum atomic E-state index is 0.373. The fourth-order valence-corrected chi connectivity index (χ4v) is 23.0. The van der Waals surface area contributed by atoms with Crippen LogP contribution in [-0.4, -0.2) is 55.3 Å². The van der Waals surface area contributed by atoms with Gasteiger partial charge < -0.3 is 0 Å². The molecule has 2 nitrogen and oxygen atoms in total. The van der Waals surface area contributed by atoms with Crippen molar-refractivity contribution in [2.75, 3.05) is 0 Å². The van der Waals surface area contributed by atoms with Gasteiger partial charge >= 0.3 is 247 Å². The van der Waals surface area contributed by atoms with Crippen LogP contribution in [0.3, 0.4) is 0 Å². The molecule has 0 saturated carbocycles. The van der Waals surface area contributed by atoms with E-state index in [1.54, 1.807) is 27.2 Å². The number of rotatable bonds is 5. The summed E-state index contributed by atoms with van der Waals surface area (Å²) in [6.07, 6.45) is 2.22. The van der Waals surface area contributed by atoms with Gasteiger partial charge in [0.25, 0.3) is 0 Å². The zero-order valence-electron chi connectivity index (χ0n) is 20.3. The molecule has 182 valence electrons. The van der Waals surface area contributed by atoms with Crippen molar-refractivity contribution in [1.82, 2.24) is 0 Å². The van der Waals surface area contributed by atoms with Crippen molar-refractivity contribution in [1.29, 1.82) is 0 Å². The maximum absolute atomic E-state index is 2.69. The van der Waals surface area contributed by atoms with E-state index in [0.717, 1.165) is 12.8 Å². The third-order valence-corrected chi connectivity index (χ3v) is 20.3. The Bertz CT molecular complexity index is 1680. The Morgan fingerprint density at radius 1 is 0.474 bits per heavy atom. The Morgan fingerprint density at radius 2 is 0.868 bits per heavy atom. The predicted molar refractivity (Wildman–Crippen MR) is 157 cm³/mol. The number of fused-ring (bicyclic) bond motifs is 6. The summed E-state index contributed by atoms with van der Waals surface area (Å²) in [5, 5.41) is 0. The van der Waals surface area contributed by atoms with Gasteiger partial charge in [0.2, 0.25) is 0 Å². The van der Waals surface area contributed by atoms with E-state index in [4.69, 9.17) is 0 Å². The summed E-state index contributed by atoms with van der Waals surface area (Å²) in [4.78, 5) is 0. The molecule has 2 aliphatic heterocycles. The first kappa shape index (κ1) is 23.6. The van der Waals surface area contributed by atoms with Gasteiger partial charge in [-0.05, 0) is 0 Å². The summed E-state index contributed by atoms with van der Waals surface area (Å²) in [6.45, 7) is 0. The van der Waals surface area contributed by atoms with Crippen LogP contribution >= 0.6 is 0 Å². The molecule has 2 aliphatic rings. The molecule has 0 spiro atoms. The van der Waals surface area contributed by atoms with Gasteiger partial charge in [-0.3, -0.25) is 0 Å². The second-order valence-corrected chi connectivity index (χ2v) is 19.9. The SMILES string of the molecule is c1ccc(-c2[se]c3[n+](c2[Se][Se]c2c(-c4ccccc4)[se]c4[n+]2-c2ccccc2C4)-c2ccccc2C3)cc1. The predicted octanol–water partition coefficient (Wildman–Crippen LogP) is 2.77. The van der Waals surface area contributed by atoms with Crippen LogP contribution in [0.15, 0.2) is 109 Å². The zero-order valence-corrected chi connectivity index (χ0v) is 27.2. The van der Waals surface area contributed by atoms with E-state index >= 15 is 0 Å². The first-order valence-electron chi connectivity index (χ1n) is 12.6. The van der Waals surface area contributed by atoms with Gasteiger partial charge in [-0.2, -0.15) is 0 Å². The van der Waals surface area contributed by atoms with Gasteiger partial charge in [0.15, 0.2) is 0 Å². The summed E-state index contributed by atoms with van der Waals surface area (Å²) in [6, 6.07) is 40.5. The van der Waals surface area contributed by atoms with Crippen LogP contribution in [0, 0.1) is 0 Å². The molecule has 0 radical (unpaired) electrons. The molecule has 8 rings (SSSR count). The van der Waals surface area contributed by atoms with E-state index in [9.17, 15) is 0 Å². The molecule has 0 saturated heterocycles. The van der Waals surface area contributed by atoms with E-state index < -0.39 is 0 Å². The number of nitrogens with zero attached hydrogens (tertiary/aromatic N) is 2. The molecular weight excluding hydrogens is 728 g/mol. The van der Waals surface area contributed by atoms with Crippen LogP contribution in [-0.2, 0) is 12.8 Å². The molecule has 0 atom stereocenters. The molecule has 0 amide bonds. The van der Waals surface area contributed by atoms with Crippen molar-refractivity contribution in [2.24, 2.45) is 0 Å². The van der Waals surface area contributed by atoms with Crippen LogP contribution in [0.4, 0.5) is 0 Å². The Kier molecular flexibility index (Phi) is 6.07.